The molecule has 2 heterocycles. The maximum Gasteiger partial charge on any atom is 0.169 e. The van der Waals surface area contributed by atoms with E-state index >= 15 is 0 Å². The minimum absolute atomic E-state index is 0.203. The molecule has 0 saturated heterocycles. The van der Waals surface area contributed by atoms with Gasteiger partial charge < -0.3 is 14.6 Å². The van der Waals surface area contributed by atoms with Gasteiger partial charge in [-0.25, -0.2) is 0 Å². The number of hydrogen-bond donors (Lipinski definition) is 1. The first-order chi connectivity index (χ1) is 9.08. The SMILES string of the molecule is CC(NCC(c1cccs1)N(C)C)c1ccc(Br)o1. The largest absolute Gasteiger partial charge is 0.453 e. The molecule has 0 spiro atoms. The number of likely N-dealkylation sites (N-methyl/N-ethyl adjacent to an activating group) is 1. The Hall–Kier alpha value is -0.620. The molecule has 1 N–H and O–H groups in total. The van der Waals surface area contributed by atoms with Gasteiger partial charge in [-0.2, -0.15) is 0 Å². The number of thiophene rings is 1. The maximum absolute atomic E-state index is 5.57. The van der Waals surface area contributed by atoms with Crippen LogP contribution in [-0.2, 0) is 0 Å². The highest BCUT2D eigenvalue weighted by atomic mass is 79.9. The summed E-state index contributed by atoms with van der Waals surface area (Å²) in [5.41, 5.74) is 0. The Morgan fingerprint density at radius 1 is 1.37 bits per heavy atom. The van der Waals surface area contributed by atoms with E-state index in [9.17, 15) is 0 Å². The highest BCUT2D eigenvalue weighted by Gasteiger charge is 2.17. The Morgan fingerprint density at radius 3 is 2.68 bits per heavy atom. The van der Waals surface area contributed by atoms with Crippen molar-refractivity contribution < 1.29 is 4.42 Å². The summed E-state index contributed by atoms with van der Waals surface area (Å²) in [6.07, 6.45) is 0. The van der Waals surface area contributed by atoms with Crippen molar-refractivity contribution in [2.24, 2.45) is 0 Å². The first kappa shape index (κ1) is 14.8. The van der Waals surface area contributed by atoms with Crippen molar-refractivity contribution in [2.45, 2.75) is 19.0 Å². The van der Waals surface area contributed by atoms with E-state index in [1.165, 1.54) is 4.88 Å². The predicted molar refractivity (Wildman–Crippen MR) is 83.6 cm³/mol. The molecule has 0 aliphatic carbocycles. The van der Waals surface area contributed by atoms with Crippen molar-refractivity contribution in [3.8, 4) is 0 Å². The average Bonchev–Trinajstić information content (AvgIpc) is 3.00. The van der Waals surface area contributed by atoms with Crippen molar-refractivity contribution in [1.82, 2.24) is 10.2 Å². The molecule has 2 unspecified atom stereocenters. The van der Waals surface area contributed by atoms with Crippen LogP contribution >= 0.6 is 27.3 Å². The van der Waals surface area contributed by atoms with Crippen LogP contribution in [0.1, 0.15) is 29.6 Å². The summed E-state index contributed by atoms with van der Waals surface area (Å²) in [5.74, 6) is 0.954. The zero-order valence-corrected chi connectivity index (χ0v) is 13.8. The topological polar surface area (TPSA) is 28.4 Å². The lowest BCUT2D eigenvalue weighted by Crippen LogP contribution is -2.31. The summed E-state index contributed by atoms with van der Waals surface area (Å²) in [4.78, 5) is 3.62. The normalized spacial score (nSPS) is 14.8. The van der Waals surface area contributed by atoms with Crippen LogP contribution in [0.2, 0.25) is 0 Å². The van der Waals surface area contributed by atoms with Gasteiger partial charge in [0, 0.05) is 11.4 Å². The molecule has 2 atom stereocenters. The third-order valence-electron chi connectivity index (χ3n) is 3.13. The molecule has 2 rings (SSSR count). The highest BCUT2D eigenvalue weighted by Crippen LogP contribution is 2.24. The lowest BCUT2D eigenvalue weighted by molar-refractivity contribution is 0.279. The molecule has 2 aromatic rings. The van der Waals surface area contributed by atoms with E-state index in [-0.39, 0.29) is 6.04 Å². The molecule has 0 bridgehead atoms. The zero-order valence-electron chi connectivity index (χ0n) is 11.4. The van der Waals surface area contributed by atoms with E-state index in [2.05, 4.69) is 64.7 Å². The van der Waals surface area contributed by atoms with E-state index < -0.39 is 0 Å². The molecular formula is C14H19BrN2OS. The summed E-state index contributed by atoms with van der Waals surface area (Å²) in [6.45, 7) is 3.01. The van der Waals surface area contributed by atoms with Gasteiger partial charge in [0.05, 0.1) is 12.1 Å². The van der Waals surface area contributed by atoms with E-state index in [0.29, 0.717) is 6.04 Å². The third kappa shape index (κ3) is 3.92. The summed E-state index contributed by atoms with van der Waals surface area (Å²) in [7, 11) is 4.22. The van der Waals surface area contributed by atoms with Gasteiger partial charge in [-0.05, 0) is 60.5 Å². The Bertz CT molecular complexity index is 495. The van der Waals surface area contributed by atoms with Crippen molar-refractivity contribution in [2.75, 3.05) is 20.6 Å². The molecule has 0 aliphatic heterocycles. The van der Waals surface area contributed by atoms with Crippen LogP contribution in [0.25, 0.3) is 0 Å². The standard InChI is InChI=1S/C14H19BrN2OS/c1-10(12-6-7-14(15)18-12)16-9-11(17(2)3)13-5-4-8-19-13/h4-8,10-11,16H,9H2,1-3H3. The molecule has 2 aromatic heterocycles. The molecule has 0 aliphatic rings. The fraction of sp³-hybridized carbons (Fsp3) is 0.429. The van der Waals surface area contributed by atoms with Gasteiger partial charge in [-0.1, -0.05) is 6.07 Å². The first-order valence-corrected chi connectivity index (χ1v) is 7.93. The fourth-order valence-electron chi connectivity index (χ4n) is 1.97. The second-order valence-electron chi connectivity index (χ2n) is 4.77. The Morgan fingerprint density at radius 2 is 2.16 bits per heavy atom. The molecule has 19 heavy (non-hydrogen) atoms. The molecule has 5 heteroatoms. The van der Waals surface area contributed by atoms with Crippen molar-refractivity contribution in [3.63, 3.8) is 0 Å². The summed E-state index contributed by atoms with van der Waals surface area (Å²) < 4.78 is 6.35. The van der Waals surface area contributed by atoms with Crippen LogP contribution in [0.3, 0.4) is 0 Å². The zero-order chi connectivity index (χ0) is 13.8. The second kappa shape index (κ2) is 6.70. The number of rotatable bonds is 6. The lowest BCUT2D eigenvalue weighted by atomic mass is 10.2. The maximum atomic E-state index is 5.57. The van der Waals surface area contributed by atoms with Gasteiger partial charge >= 0.3 is 0 Å². The molecule has 0 aromatic carbocycles. The number of halogens is 1. The molecule has 0 amide bonds. The summed E-state index contributed by atoms with van der Waals surface area (Å²) in [6, 6.07) is 8.80. The van der Waals surface area contributed by atoms with Gasteiger partial charge in [0.15, 0.2) is 4.67 Å². The summed E-state index contributed by atoms with van der Waals surface area (Å²) >= 11 is 5.13. The van der Waals surface area contributed by atoms with Crippen LogP contribution in [0.4, 0.5) is 0 Å². The highest BCUT2D eigenvalue weighted by molar-refractivity contribution is 9.10. The van der Waals surface area contributed by atoms with Crippen molar-refractivity contribution in [3.05, 3.63) is 45.0 Å². The van der Waals surface area contributed by atoms with Gasteiger partial charge in [0.1, 0.15) is 5.76 Å². The van der Waals surface area contributed by atoms with Crippen molar-refractivity contribution >= 4 is 27.3 Å². The Balaban J connectivity index is 1.96. The number of nitrogens with zero attached hydrogens (tertiary/aromatic N) is 1. The van der Waals surface area contributed by atoms with Crippen LogP contribution < -0.4 is 5.32 Å². The minimum Gasteiger partial charge on any atom is -0.453 e. The Kier molecular flexibility index (Phi) is 5.21. The van der Waals surface area contributed by atoms with E-state index in [1.54, 1.807) is 11.3 Å². The second-order valence-corrected chi connectivity index (χ2v) is 6.53. The van der Waals surface area contributed by atoms with Gasteiger partial charge in [0.2, 0.25) is 0 Å². The van der Waals surface area contributed by atoms with Gasteiger partial charge in [0.25, 0.3) is 0 Å². The molecule has 0 saturated carbocycles. The van der Waals surface area contributed by atoms with Crippen LogP contribution in [0.5, 0.6) is 0 Å². The lowest BCUT2D eigenvalue weighted by Gasteiger charge is -2.25. The first-order valence-electron chi connectivity index (χ1n) is 6.26. The summed E-state index contributed by atoms with van der Waals surface area (Å²) in [5, 5.41) is 5.66. The third-order valence-corrected chi connectivity index (χ3v) is 4.53. The molecule has 3 nitrogen and oxygen atoms in total. The fourth-order valence-corrected chi connectivity index (χ4v) is 3.21. The van der Waals surface area contributed by atoms with E-state index in [0.717, 1.165) is 17.0 Å². The number of hydrogen-bond acceptors (Lipinski definition) is 4. The van der Waals surface area contributed by atoms with Gasteiger partial charge in [-0.3, -0.25) is 0 Å². The smallest absolute Gasteiger partial charge is 0.169 e. The molecule has 104 valence electrons. The van der Waals surface area contributed by atoms with E-state index in [4.69, 9.17) is 4.42 Å². The monoisotopic (exact) mass is 342 g/mol. The van der Waals surface area contributed by atoms with Crippen LogP contribution in [0.15, 0.2) is 38.7 Å². The molecular weight excluding hydrogens is 324 g/mol. The molecule has 0 fully saturated rings. The quantitative estimate of drug-likeness (QED) is 0.858. The minimum atomic E-state index is 0.203. The Labute approximate surface area is 126 Å². The van der Waals surface area contributed by atoms with Crippen LogP contribution in [-0.4, -0.2) is 25.5 Å². The number of nitrogens with one attached hydrogen (secondary N) is 1. The van der Waals surface area contributed by atoms with Crippen LogP contribution in [0, 0.1) is 0 Å². The van der Waals surface area contributed by atoms with E-state index in [1.807, 2.05) is 12.1 Å². The van der Waals surface area contributed by atoms with Crippen molar-refractivity contribution in [1.29, 1.82) is 0 Å². The predicted octanol–water partition coefficient (Wildman–Crippen LogP) is 4.06. The van der Waals surface area contributed by atoms with Gasteiger partial charge in [-0.15, -0.1) is 11.3 Å². The molecule has 0 radical (unpaired) electrons. The number of furan rings is 1. The average molecular weight is 343 g/mol.